The zero-order valence-electron chi connectivity index (χ0n) is 10.1. The normalized spacial score (nSPS) is 10.4. The minimum absolute atomic E-state index is 0.131. The predicted octanol–water partition coefficient (Wildman–Crippen LogP) is 2.43. The van der Waals surface area contributed by atoms with Crippen molar-refractivity contribution >= 4 is 32.5 Å². The van der Waals surface area contributed by atoms with Gasteiger partial charge in [0.2, 0.25) is 0 Å². The van der Waals surface area contributed by atoms with E-state index in [0.29, 0.717) is 16.8 Å². The second kappa shape index (κ2) is 4.92. The first-order valence-corrected chi connectivity index (χ1v) is 6.18. The van der Waals surface area contributed by atoms with E-state index < -0.39 is 0 Å². The molecule has 0 amide bonds. The summed E-state index contributed by atoms with van der Waals surface area (Å²) >= 11 is 3.48. The summed E-state index contributed by atoms with van der Waals surface area (Å²) in [4.78, 5) is 6.20. The fraction of sp³-hybridized carbons (Fsp3) is 0.231. The molecular formula is C13H12BrN3O. The number of rotatable bonds is 2. The number of halogens is 1. The van der Waals surface area contributed by atoms with Gasteiger partial charge in [-0.3, -0.25) is 0 Å². The van der Waals surface area contributed by atoms with Crippen molar-refractivity contribution in [3.63, 3.8) is 0 Å². The predicted molar refractivity (Wildman–Crippen MR) is 74.4 cm³/mol. The summed E-state index contributed by atoms with van der Waals surface area (Å²) in [6.45, 7) is -0.131. The third-order valence-electron chi connectivity index (χ3n) is 2.69. The minimum Gasteiger partial charge on any atom is -0.390 e. The lowest BCUT2D eigenvalue weighted by Crippen LogP contribution is -2.12. The second-order valence-corrected chi connectivity index (χ2v) is 4.97. The van der Waals surface area contributed by atoms with Crippen LogP contribution >= 0.6 is 15.9 Å². The molecule has 0 radical (unpaired) electrons. The molecule has 0 aliphatic heterocycles. The van der Waals surface area contributed by atoms with Gasteiger partial charge in [0.15, 0.2) is 0 Å². The molecule has 0 spiro atoms. The van der Waals surface area contributed by atoms with Crippen molar-refractivity contribution in [1.29, 1.82) is 5.26 Å². The Hall–Kier alpha value is -1.64. The van der Waals surface area contributed by atoms with Crippen LogP contribution in [0.3, 0.4) is 0 Å². The van der Waals surface area contributed by atoms with Crippen LogP contribution in [0.25, 0.3) is 10.9 Å². The summed E-state index contributed by atoms with van der Waals surface area (Å²) in [5, 5.41) is 19.4. The lowest BCUT2D eigenvalue weighted by Gasteiger charge is -2.17. The van der Waals surface area contributed by atoms with Crippen molar-refractivity contribution in [3.05, 3.63) is 33.9 Å². The zero-order chi connectivity index (χ0) is 13.3. The molecule has 1 aromatic carbocycles. The summed E-state index contributed by atoms with van der Waals surface area (Å²) in [5.74, 6) is 0. The Bertz CT molecular complexity index is 647. The highest BCUT2D eigenvalue weighted by molar-refractivity contribution is 9.10. The Balaban J connectivity index is 2.88. The SMILES string of the molecule is CN(C)c1c(Br)cc2ccc(CO)nc2c1C#N. The number of fused-ring (bicyclic) bond motifs is 1. The zero-order valence-corrected chi connectivity index (χ0v) is 11.7. The van der Waals surface area contributed by atoms with Gasteiger partial charge in [0, 0.05) is 24.0 Å². The molecule has 1 heterocycles. The molecule has 1 N–H and O–H groups in total. The topological polar surface area (TPSA) is 60.1 Å². The van der Waals surface area contributed by atoms with E-state index in [1.165, 1.54) is 0 Å². The van der Waals surface area contributed by atoms with Crippen LogP contribution in [0.4, 0.5) is 5.69 Å². The van der Waals surface area contributed by atoms with Gasteiger partial charge in [-0.2, -0.15) is 5.26 Å². The van der Waals surface area contributed by atoms with Crippen molar-refractivity contribution in [2.75, 3.05) is 19.0 Å². The highest BCUT2D eigenvalue weighted by Crippen LogP contribution is 2.34. The number of nitriles is 1. The van der Waals surface area contributed by atoms with E-state index in [-0.39, 0.29) is 6.61 Å². The summed E-state index contributed by atoms with van der Waals surface area (Å²) in [5.41, 5.74) is 2.49. The maximum absolute atomic E-state index is 9.35. The first-order chi connectivity index (χ1) is 8.58. The summed E-state index contributed by atoms with van der Waals surface area (Å²) in [6.07, 6.45) is 0. The van der Waals surface area contributed by atoms with E-state index in [9.17, 15) is 5.26 Å². The summed E-state index contributed by atoms with van der Waals surface area (Å²) < 4.78 is 0.857. The van der Waals surface area contributed by atoms with E-state index in [1.54, 1.807) is 6.07 Å². The van der Waals surface area contributed by atoms with Crippen LogP contribution in [0.2, 0.25) is 0 Å². The smallest absolute Gasteiger partial charge is 0.104 e. The molecule has 0 fully saturated rings. The number of hydrogen-bond donors (Lipinski definition) is 1. The Kier molecular flexibility index (Phi) is 3.50. The molecule has 92 valence electrons. The van der Waals surface area contributed by atoms with Crippen molar-refractivity contribution in [1.82, 2.24) is 4.98 Å². The molecular weight excluding hydrogens is 294 g/mol. The maximum atomic E-state index is 9.35. The number of aliphatic hydroxyl groups excluding tert-OH is 1. The van der Waals surface area contributed by atoms with Crippen LogP contribution in [-0.4, -0.2) is 24.2 Å². The van der Waals surface area contributed by atoms with Gasteiger partial charge < -0.3 is 10.0 Å². The number of pyridine rings is 1. The molecule has 18 heavy (non-hydrogen) atoms. The maximum Gasteiger partial charge on any atom is 0.104 e. The fourth-order valence-electron chi connectivity index (χ4n) is 1.89. The van der Waals surface area contributed by atoms with Crippen LogP contribution in [0.1, 0.15) is 11.3 Å². The average Bonchev–Trinajstić information content (AvgIpc) is 2.36. The monoisotopic (exact) mass is 305 g/mol. The van der Waals surface area contributed by atoms with E-state index in [1.807, 2.05) is 31.1 Å². The third kappa shape index (κ3) is 2.05. The molecule has 2 aromatic rings. The quantitative estimate of drug-likeness (QED) is 0.925. The minimum atomic E-state index is -0.131. The molecule has 0 aliphatic carbocycles. The first kappa shape index (κ1) is 12.8. The molecule has 0 unspecified atom stereocenters. The van der Waals surface area contributed by atoms with E-state index in [2.05, 4.69) is 27.0 Å². The molecule has 1 aromatic heterocycles. The number of aromatic nitrogens is 1. The van der Waals surface area contributed by atoms with Crippen LogP contribution < -0.4 is 4.90 Å². The van der Waals surface area contributed by atoms with E-state index >= 15 is 0 Å². The van der Waals surface area contributed by atoms with Crippen molar-refractivity contribution < 1.29 is 5.11 Å². The lowest BCUT2D eigenvalue weighted by molar-refractivity contribution is 0.277. The van der Waals surface area contributed by atoms with Gasteiger partial charge in [-0.1, -0.05) is 6.07 Å². The van der Waals surface area contributed by atoms with Gasteiger partial charge in [0.25, 0.3) is 0 Å². The Morgan fingerprint density at radius 1 is 1.44 bits per heavy atom. The average molecular weight is 306 g/mol. The van der Waals surface area contributed by atoms with Crippen LogP contribution in [0.15, 0.2) is 22.7 Å². The summed E-state index contributed by atoms with van der Waals surface area (Å²) in [7, 11) is 3.76. The van der Waals surface area contributed by atoms with Crippen LogP contribution in [0, 0.1) is 11.3 Å². The third-order valence-corrected chi connectivity index (χ3v) is 3.29. The summed E-state index contributed by atoms with van der Waals surface area (Å²) in [6, 6.07) is 7.74. The largest absolute Gasteiger partial charge is 0.390 e. The fourth-order valence-corrected chi connectivity index (χ4v) is 2.69. The highest BCUT2D eigenvalue weighted by Gasteiger charge is 2.15. The first-order valence-electron chi connectivity index (χ1n) is 5.39. The molecule has 0 saturated heterocycles. The number of aliphatic hydroxyl groups is 1. The van der Waals surface area contributed by atoms with E-state index in [0.717, 1.165) is 15.5 Å². The van der Waals surface area contributed by atoms with Crippen molar-refractivity contribution in [3.8, 4) is 6.07 Å². The lowest BCUT2D eigenvalue weighted by atomic mass is 10.1. The van der Waals surface area contributed by atoms with Gasteiger partial charge in [-0.15, -0.1) is 0 Å². The second-order valence-electron chi connectivity index (χ2n) is 4.12. The molecule has 5 heteroatoms. The van der Waals surface area contributed by atoms with Gasteiger partial charge in [0.1, 0.15) is 11.6 Å². The van der Waals surface area contributed by atoms with Crippen molar-refractivity contribution in [2.45, 2.75) is 6.61 Å². The number of nitrogens with zero attached hydrogens (tertiary/aromatic N) is 3. The van der Waals surface area contributed by atoms with Gasteiger partial charge in [-0.05, 0) is 28.1 Å². The molecule has 2 rings (SSSR count). The van der Waals surface area contributed by atoms with Gasteiger partial charge in [0.05, 0.1) is 23.5 Å². The molecule has 0 aliphatic rings. The van der Waals surface area contributed by atoms with Gasteiger partial charge >= 0.3 is 0 Å². The highest BCUT2D eigenvalue weighted by atomic mass is 79.9. The van der Waals surface area contributed by atoms with Crippen LogP contribution in [0.5, 0.6) is 0 Å². The van der Waals surface area contributed by atoms with Crippen LogP contribution in [-0.2, 0) is 6.61 Å². The number of anilines is 1. The Morgan fingerprint density at radius 2 is 2.17 bits per heavy atom. The molecule has 0 atom stereocenters. The van der Waals surface area contributed by atoms with Crippen molar-refractivity contribution in [2.24, 2.45) is 0 Å². The number of benzene rings is 1. The Labute approximate surface area is 114 Å². The number of hydrogen-bond acceptors (Lipinski definition) is 4. The molecule has 0 bridgehead atoms. The molecule has 4 nitrogen and oxygen atoms in total. The standard InChI is InChI=1S/C13H12BrN3O/c1-17(2)13-10(6-15)12-8(5-11(13)14)3-4-9(7-18)16-12/h3-5,18H,7H2,1-2H3. The Morgan fingerprint density at radius 3 is 2.72 bits per heavy atom. The van der Waals surface area contributed by atoms with E-state index in [4.69, 9.17) is 5.11 Å². The van der Waals surface area contributed by atoms with Gasteiger partial charge in [-0.25, -0.2) is 4.98 Å². The molecule has 0 saturated carbocycles.